The topological polar surface area (TPSA) is 78.5 Å². The number of carbonyl (C=O) groups excluding carboxylic acids is 2. The number of aliphatic carboxylic acids is 1. The lowest BCUT2D eigenvalue weighted by Gasteiger charge is -2.12. The third-order valence-electron chi connectivity index (χ3n) is 3.01. The first-order valence-corrected chi connectivity index (χ1v) is 7.02. The number of hydrogen-bond donors (Lipinski definition) is 1. The molecule has 2 aromatic carbocycles. The Morgan fingerprint density at radius 2 is 1.78 bits per heavy atom. The Morgan fingerprint density at radius 3 is 2.35 bits per heavy atom. The fraction of sp³-hybridized carbons (Fsp3) is 0.0588. The normalized spacial score (nSPS) is 11.0. The molecule has 2 aromatic rings. The van der Waals surface area contributed by atoms with Crippen LogP contribution < -0.4 is 15.2 Å². The van der Waals surface area contributed by atoms with Crippen molar-refractivity contribution in [3.8, 4) is 5.75 Å². The molecule has 0 spiro atoms. The maximum absolute atomic E-state index is 12.1. The highest BCUT2D eigenvalue weighted by atomic mass is 35.5. The molecule has 2 rings (SSSR count). The van der Waals surface area contributed by atoms with Gasteiger partial charge in [0.1, 0.15) is 5.75 Å². The molecule has 0 aromatic heterocycles. The average molecular weight is 331 g/mol. The zero-order chi connectivity index (χ0) is 16.8. The van der Waals surface area contributed by atoms with E-state index in [9.17, 15) is 14.7 Å². The number of benzene rings is 2. The van der Waals surface area contributed by atoms with Gasteiger partial charge in [0, 0.05) is 0 Å². The van der Waals surface area contributed by atoms with Crippen LogP contribution >= 0.6 is 11.6 Å². The van der Waals surface area contributed by atoms with Crippen molar-refractivity contribution < 1.29 is 19.4 Å². The van der Waals surface area contributed by atoms with Gasteiger partial charge in [-0.05, 0) is 35.9 Å². The van der Waals surface area contributed by atoms with E-state index in [1.807, 2.05) is 0 Å². The van der Waals surface area contributed by atoms with Crippen LogP contribution in [0.2, 0.25) is 5.02 Å². The fourth-order valence-corrected chi connectivity index (χ4v) is 2.07. The van der Waals surface area contributed by atoms with E-state index in [1.165, 1.54) is 19.3 Å². The monoisotopic (exact) mass is 330 g/mol. The molecule has 0 saturated carbocycles. The lowest BCUT2D eigenvalue weighted by molar-refractivity contribution is -0.299. The molecule has 23 heavy (non-hydrogen) atoms. The summed E-state index contributed by atoms with van der Waals surface area (Å²) in [6.45, 7) is 0. The molecule has 0 fully saturated rings. The van der Waals surface area contributed by atoms with Crippen LogP contribution in [0.25, 0.3) is 6.08 Å². The summed E-state index contributed by atoms with van der Waals surface area (Å²) in [4.78, 5) is 23.4. The van der Waals surface area contributed by atoms with E-state index >= 15 is 0 Å². The van der Waals surface area contributed by atoms with Crippen molar-refractivity contribution in [3.63, 3.8) is 0 Å². The summed E-state index contributed by atoms with van der Waals surface area (Å²) >= 11 is 5.92. The van der Waals surface area contributed by atoms with E-state index in [0.717, 1.165) is 0 Å². The van der Waals surface area contributed by atoms with E-state index < -0.39 is 11.9 Å². The van der Waals surface area contributed by atoms with Gasteiger partial charge in [-0.15, -0.1) is 0 Å². The van der Waals surface area contributed by atoms with Gasteiger partial charge in [-0.2, -0.15) is 0 Å². The first-order chi connectivity index (χ1) is 11.0. The van der Waals surface area contributed by atoms with Gasteiger partial charge in [-0.1, -0.05) is 35.9 Å². The molecular weight excluding hydrogens is 318 g/mol. The van der Waals surface area contributed by atoms with Crippen LogP contribution in [-0.2, 0) is 4.79 Å². The van der Waals surface area contributed by atoms with E-state index in [0.29, 0.717) is 11.3 Å². The Bertz CT molecular complexity index is 753. The zero-order valence-corrected chi connectivity index (χ0v) is 13.0. The van der Waals surface area contributed by atoms with Gasteiger partial charge in [0.05, 0.1) is 29.4 Å². The lowest BCUT2D eigenvalue weighted by atomic mass is 10.1. The van der Waals surface area contributed by atoms with Crippen molar-refractivity contribution in [2.45, 2.75) is 0 Å². The summed E-state index contributed by atoms with van der Waals surface area (Å²) in [5.74, 6) is -1.49. The SMILES string of the molecule is COc1ccc(/C=C(\NC(=O)c2ccccc2Cl)C(=O)[O-])cc1. The van der Waals surface area contributed by atoms with Crippen molar-refractivity contribution in [3.05, 3.63) is 70.4 Å². The minimum absolute atomic E-state index is 0.177. The Kier molecular flexibility index (Phi) is 5.38. The predicted molar refractivity (Wildman–Crippen MR) is 84.9 cm³/mol. The molecule has 6 heteroatoms. The summed E-state index contributed by atoms with van der Waals surface area (Å²) in [6, 6.07) is 13.0. The fourth-order valence-electron chi connectivity index (χ4n) is 1.85. The number of carboxylic acids is 1. The second-order valence-electron chi connectivity index (χ2n) is 4.55. The molecule has 5 nitrogen and oxygen atoms in total. The van der Waals surface area contributed by atoms with Crippen LogP contribution in [-0.4, -0.2) is 19.0 Å². The lowest BCUT2D eigenvalue weighted by Crippen LogP contribution is -2.35. The van der Waals surface area contributed by atoms with Crippen LogP contribution in [0.15, 0.2) is 54.2 Å². The van der Waals surface area contributed by atoms with Gasteiger partial charge in [0.25, 0.3) is 5.91 Å². The molecule has 0 heterocycles. The molecule has 0 aliphatic carbocycles. The number of carboxylic acid groups (broad SMARTS) is 1. The van der Waals surface area contributed by atoms with Crippen LogP contribution in [0.1, 0.15) is 15.9 Å². The maximum Gasteiger partial charge on any atom is 0.257 e. The Labute approximate surface area is 138 Å². The third-order valence-corrected chi connectivity index (χ3v) is 3.34. The molecule has 1 amide bonds. The Hall–Kier alpha value is -2.79. The van der Waals surface area contributed by atoms with Crippen molar-refractivity contribution in [2.75, 3.05) is 7.11 Å². The highest BCUT2D eigenvalue weighted by Gasteiger charge is 2.11. The van der Waals surface area contributed by atoms with E-state index in [4.69, 9.17) is 16.3 Å². The molecule has 0 unspecified atom stereocenters. The molecule has 0 saturated heterocycles. The highest BCUT2D eigenvalue weighted by molar-refractivity contribution is 6.34. The largest absolute Gasteiger partial charge is 0.543 e. The number of methoxy groups -OCH3 is 1. The van der Waals surface area contributed by atoms with Crippen LogP contribution in [0, 0.1) is 0 Å². The standard InChI is InChI=1S/C17H14ClNO4/c1-23-12-8-6-11(7-9-12)10-15(17(21)22)19-16(20)13-4-2-3-5-14(13)18/h2-10H,1H3,(H,19,20)(H,21,22)/p-1/b15-10-. The average Bonchev–Trinajstić information content (AvgIpc) is 2.55. The number of ether oxygens (including phenoxy) is 1. The van der Waals surface area contributed by atoms with Gasteiger partial charge in [-0.25, -0.2) is 0 Å². The highest BCUT2D eigenvalue weighted by Crippen LogP contribution is 2.16. The van der Waals surface area contributed by atoms with E-state index in [-0.39, 0.29) is 16.3 Å². The third kappa shape index (κ3) is 4.34. The van der Waals surface area contributed by atoms with Gasteiger partial charge in [0.2, 0.25) is 0 Å². The van der Waals surface area contributed by atoms with Crippen LogP contribution in [0.4, 0.5) is 0 Å². The Morgan fingerprint density at radius 1 is 1.13 bits per heavy atom. The summed E-state index contributed by atoms with van der Waals surface area (Å²) < 4.78 is 5.02. The van der Waals surface area contributed by atoms with Crippen LogP contribution in [0.5, 0.6) is 5.75 Å². The number of amides is 1. The first kappa shape index (κ1) is 16.6. The summed E-state index contributed by atoms with van der Waals surface area (Å²) in [7, 11) is 1.53. The van der Waals surface area contributed by atoms with Gasteiger partial charge < -0.3 is 20.0 Å². The number of carbonyl (C=O) groups is 2. The number of hydrogen-bond acceptors (Lipinski definition) is 4. The minimum Gasteiger partial charge on any atom is -0.543 e. The smallest absolute Gasteiger partial charge is 0.257 e. The first-order valence-electron chi connectivity index (χ1n) is 6.64. The number of nitrogens with one attached hydrogen (secondary N) is 1. The molecule has 0 atom stereocenters. The molecule has 118 valence electrons. The maximum atomic E-state index is 12.1. The molecule has 0 radical (unpaired) electrons. The van der Waals surface area contributed by atoms with Crippen molar-refractivity contribution in [1.29, 1.82) is 0 Å². The molecule has 0 aliphatic heterocycles. The van der Waals surface area contributed by atoms with Crippen molar-refractivity contribution in [2.24, 2.45) is 0 Å². The summed E-state index contributed by atoms with van der Waals surface area (Å²) in [5.41, 5.74) is 0.389. The Balaban J connectivity index is 2.24. The van der Waals surface area contributed by atoms with Gasteiger partial charge in [0.15, 0.2) is 0 Å². The number of halogens is 1. The predicted octanol–water partition coefficient (Wildman–Crippen LogP) is 1.87. The molecule has 0 aliphatic rings. The van der Waals surface area contributed by atoms with Crippen molar-refractivity contribution >= 4 is 29.6 Å². The number of rotatable bonds is 5. The molecule has 0 bridgehead atoms. The second-order valence-corrected chi connectivity index (χ2v) is 4.96. The second kappa shape index (κ2) is 7.47. The molecule has 1 N–H and O–H groups in total. The quantitative estimate of drug-likeness (QED) is 0.849. The van der Waals surface area contributed by atoms with Crippen molar-refractivity contribution in [1.82, 2.24) is 5.32 Å². The summed E-state index contributed by atoms with van der Waals surface area (Å²) in [5, 5.41) is 13.8. The van der Waals surface area contributed by atoms with E-state index in [1.54, 1.807) is 42.5 Å². The zero-order valence-electron chi connectivity index (χ0n) is 12.2. The van der Waals surface area contributed by atoms with Crippen LogP contribution in [0.3, 0.4) is 0 Å². The van der Waals surface area contributed by atoms with E-state index in [2.05, 4.69) is 5.32 Å². The van der Waals surface area contributed by atoms with Gasteiger partial charge in [-0.3, -0.25) is 4.79 Å². The minimum atomic E-state index is -1.50. The summed E-state index contributed by atoms with van der Waals surface area (Å²) in [6.07, 6.45) is 1.30. The van der Waals surface area contributed by atoms with Gasteiger partial charge >= 0.3 is 0 Å². The molecular formula is C17H13ClNO4-.